The lowest BCUT2D eigenvalue weighted by Gasteiger charge is -2.35. The minimum atomic E-state index is -0.260. The Balaban J connectivity index is 1.67. The first-order valence-electron chi connectivity index (χ1n) is 9.63. The smallest absolute Gasteiger partial charge is 0.319 e. The normalized spacial score (nSPS) is 15.5. The van der Waals surface area contributed by atoms with Gasteiger partial charge in [-0.15, -0.1) is 0 Å². The molecule has 1 aliphatic heterocycles. The lowest BCUT2D eigenvalue weighted by molar-refractivity contribution is 0.158. The van der Waals surface area contributed by atoms with E-state index in [9.17, 15) is 4.79 Å². The van der Waals surface area contributed by atoms with Gasteiger partial charge < -0.3 is 20.1 Å². The van der Waals surface area contributed by atoms with E-state index < -0.39 is 0 Å². The lowest BCUT2D eigenvalue weighted by atomic mass is 10.0. The molecule has 7 nitrogen and oxygen atoms in total. The molecule has 0 saturated carbocycles. The molecule has 0 unspecified atom stereocenters. The molecule has 150 valence electrons. The predicted octanol–water partition coefficient (Wildman–Crippen LogP) is 3.45. The molecule has 0 aliphatic carbocycles. The molecular formula is C21H28N4O3. The number of ether oxygens (including phenoxy) is 2. The first kappa shape index (κ1) is 19.9. The van der Waals surface area contributed by atoms with E-state index >= 15 is 0 Å². The second kappa shape index (κ2) is 9.94. The molecule has 1 aromatic heterocycles. The Hall–Kier alpha value is -2.80. The van der Waals surface area contributed by atoms with Crippen molar-refractivity contribution < 1.29 is 14.3 Å². The number of para-hydroxylation sites is 1. The minimum Gasteiger partial charge on any atom is -0.496 e. The van der Waals surface area contributed by atoms with Crippen LogP contribution in [0.25, 0.3) is 0 Å². The summed E-state index contributed by atoms with van der Waals surface area (Å²) in [5.41, 5.74) is 1.71. The maximum Gasteiger partial charge on any atom is 0.319 e. The summed E-state index contributed by atoms with van der Waals surface area (Å²) < 4.78 is 10.6. The van der Waals surface area contributed by atoms with E-state index in [1.165, 1.54) is 19.3 Å². The van der Waals surface area contributed by atoms with Crippen molar-refractivity contribution in [1.82, 2.24) is 15.2 Å². The molecule has 0 radical (unpaired) electrons. The second-order valence-electron chi connectivity index (χ2n) is 6.78. The molecule has 7 heteroatoms. The highest BCUT2D eigenvalue weighted by atomic mass is 16.5. The first-order chi connectivity index (χ1) is 13.7. The van der Waals surface area contributed by atoms with Crippen LogP contribution in [0.4, 0.5) is 10.5 Å². The third kappa shape index (κ3) is 5.13. The standard InChI is InChI=1S/C21H28N4O3/c1-27-19-9-5-4-8-17(19)18(25-12-6-3-7-13-25)15-23-21(26)24-16-10-11-20(28-2)22-14-16/h4-5,8-11,14,18H,3,6-7,12-13,15H2,1-2H3,(H2,23,24,26)/t18-/m0/s1. The van der Waals surface area contributed by atoms with Gasteiger partial charge in [0.1, 0.15) is 5.75 Å². The van der Waals surface area contributed by atoms with Crippen LogP contribution in [0.5, 0.6) is 11.6 Å². The molecule has 0 spiro atoms. The van der Waals surface area contributed by atoms with Crippen molar-refractivity contribution in [2.24, 2.45) is 0 Å². The molecular weight excluding hydrogens is 356 g/mol. The number of pyridine rings is 1. The third-order valence-corrected chi connectivity index (χ3v) is 4.99. The molecule has 1 aromatic carbocycles. The van der Waals surface area contributed by atoms with Gasteiger partial charge in [-0.2, -0.15) is 0 Å². The van der Waals surface area contributed by atoms with Crippen LogP contribution < -0.4 is 20.1 Å². The summed E-state index contributed by atoms with van der Waals surface area (Å²) in [4.78, 5) is 18.9. The number of anilines is 1. The van der Waals surface area contributed by atoms with Gasteiger partial charge in [-0.25, -0.2) is 9.78 Å². The summed E-state index contributed by atoms with van der Waals surface area (Å²) in [5, 5.41) is 5.81. The summed E-state index contributed by atoms with van der Waals surface area (Å²) >= 11 is 0. The summed E-state index contributed by atoms with van der Waals surface area (Å²) in [6.07, 6.45) is 5.18. The molecule has 3 rings (SSSR count). The van der Waals surface area contributed by atoms with Crippen LogP contribution in [0.3, 0.4) is 0 Å². The number of aromatic nitrogens is 1. The Morgan fingerprint density at radius 2 is 1.89 bits per heavy atom. The van der Waals surface area contributed by atoms with E-state index in [2.05, 4.69) is 26.6 Å². The zero-order chi connectivity index (χ0) is 19.8. The minimum absolute atomic E-state index is 0.0659. The van der Waals surface area contributed by atoms with E-state index in [4.69, 9.17) is 9.47 Å². The van der Waals surface area contributed by atoms with E-state index in [0.717, 1.165) is 24.4 Å². The topological polar surface area (TPSA) is 75.7 Å². The van der Waals surface area contributed by atoms with Crippen LogP contribution in [0.1, 0.15) is 30.9 Å². The monoisotopic (exact) mass is 384 g/mol. The number of piperidine rings is 1. The number of nitrogens with one attached hydrogen (secondary N) is 2. The molecule has 1 aliphatic rings. The fourth-order valence-electron chi connectivity index (χ4n) is 3.55. The molecule has 2 heterocycles. The molecule has 1 saturated heterocycles. The molecule has 1 fully saturated rings. The molecule has 2 amide bonds. The van der Waals surface area contributed by atoms with Gasteiger partial charge in [0.05, 0.1) is 32.1 Å². The predicted molar refractivity (Wildman–Crippen MR) is 109 cm³/mol. The fourth-order valence-corrected chi connectivity index (χ4v) is 3.55. The maximum absolute atomic E-state index is 12.4. The number of hydrogen-bond acceptors (Lipinski definition) is 5. The van der Waals surface area contributed by atoms with Crippen molar-refractivity contribution in [1.29, 1.82) is 0 Å². The highest BCUT2D eigenvalue weighted by molar-refractivity contribution is 5.89. The van der Waals surface area contributed by atoms with Crippen molar-refractivity contribution in [3.8, 4) is 11.6 Å². The molecule has 2 aromatic rings. The quantitative estimate of drug-likeness (QED) is 0.765. The van der Waals surface area contributed by atoms with Crippen LogP contribution in [0.2, 0.25) is 0 Å². The Labute approximate surface area is 166 Å². The van der Waals surface area contributed by atoms with Gasteiger partial charge in [0.15, 0.2) is 0 Å². The van der Waals surface area contributed by atoms with Crippen molar-refractivity contribution in [3.05, 3.63) is 48.2 Å². The highest BCUT2D eigenvalue weighted by Gasteiger charge is 2.25. The molecule has 0 bridgehead atoms. The number of benzene rings is 1. The average molecular weight is 384 g/mol. The number of methoxy groups -OCH3 is 2. The zero-order valence-corrected chi connectivity index (χ0v) is 16.5. The Morgan fingerprint density at radius 1 is 1.11 bits per heavy atom. The van der Waals surface area contributed by atoms with Crippen molar-refractivity contribution in [2.75, 3.05) is 39.2 Å². The Bertz CT molecular complexity index is 761. The van der Waals surface area contributed by atoms with Gasteiger partial charge in [0.2, 0.25) is 5.88 Å². The Morgan fingerprint density at radius 3 is 2.57 bits per heavy atom. The van der Waals surface area contributed by atoms with Crippen LogP contribution >= 0.6 is 0 Å². The highest BCUT2D eigenvalue weighted by Crippen LogP contribution is 2.30. The number of urea groups is 1. The van der Waals surface area contributed by atoms with E-state index in [0.29, 0.717) is 18.1 Å². The van der Waals surface area contributed by atoms with Gasteiger partial charge in [-0.3, -0.25) is 4.90 Å². The van der Waals surface area contributed by atoms with Crippen molar-refractivity contribution >= 4 is 11.7 Å². The summed E-state index contributed by atoms with van der Waals surface area (Å²) in [6, 6.07) is 11.3. The van der Waals surface area contributed by atoms with Crippen molar-refractivity contribution in [3.63, 3.8) is 0 Å². The second-order valence-corrected chi connectivity index (χ2v) is 6.78. The van der Waals surface area contributed by atoms with Crippen molar-refractivity contribution in [2.45, 2.75) is 25.3 Å². The number of nitrogens with zero attached hydrogens (tertiary/aromatic N) is 2. The summed E-state index contributed by atoms with van der Waals surface area (Å²) in [7, 11) is 3.24. The largest absolute Gasteiger partial charge is 0.496 e. The number of rotatable bonds is 7. The third-order valence-electron chi connectivity index (χ3n) is 4.99. The van der Waals surface area contributed by atoms with E-state index in [1.807, 2.05) is 18.2 Å². The average Bonchev–Trinajstić information content (AvgIpc) is 2.75. The molecule has 1 atom stereocenters. The molecule has 2 N–H and O–H groups in total. The van der Waals surface area contributed by atoms with Gasteiger partial charge in [0.25, 0.3) is 0 Å². The number of carbonyl (C=O) groups excluding carboxylic acids is 1. The molecule has 28 heavy (non-hydrogen) atoms. The number of amides is 2. The number of hydrogen-bond donors (Lipinski definition) is 2. The lowest BCUT2D eigenvalue weighted by Crippen LogP contribution is -2.41. The van der Waals surface area contributed by atoms with Gasteiger partial charge in [-0.1, -0.05) is 24.6 Å². The van der Waals surface area contributed by atoms with Crippen LogP contribution in [0, 0.1) is 0 Å². The number of carbonyl (C=O) groups is 1. The number of likely N-dealkylation sites (tertiary alicyclic amines) is 1. The fraction of sp³-hybridized carbons (Fsp3) is 0.429. The van der Waals surface area contributed by atoms with Crippen LogP contribution in [-0.2, 0) is 0 Å². The first-order valence-corrected chi connectivity index (χ1v) is 9.63. The van der Waals surface area contributed by atoms with E-state index in [1.54, 1.807) is 32.5 Å². The van der Waals surface area contributed by atoms with Crippen LogP contribution in [-0.4, -0.2) is 49.8 Å². The van der Waals surface area contributed by atoms with Crippen LogP contribution in [0.15, 0.2) is 42.6 Å². The summed E-state index contributed by atoms with van der Waals surface area (Å²) in [6.45, 7) is 2.54. The van der Waals surface area contributed by atoms with Gasteiger partial charge in [-0.05, 0) is 38.1 Å². The van der Waals surface area contributed by atoms with Gasteiger partial charge in [0, 0.05) is 18.2 Å². The Kier molecular flexibility index (Phi) is 7.08. The zero-order valence-electron chi connectivity index (χ0n) is 16.5. The summed E-state index contributed by atoms with van der Waals surface area (Å²) in [5.74, 6) is 1.35. The van der Waals surface area contributed by atoms with Gasteiger partial charge >= 0.3 is 6.03 Å². The van der Waals surface area contributed by atoms with E-state index in [-0.39, 0.29) is 12.1 Å². The SMILES string of the molecule is COc1ccc(NC(=O)NC[C@@H](c2ccccc2OC)N2CCCCC2)cn1. The maximum atomic E-state index is 12.4.